The van der Waals surface area contributed by atoms with Crippen molar-refractivity contribution in [1.82, 2.24) is 14.9 Å². The highest BCUT2D eigenvalue weighted by atomic mass is 16.6. The molecule has 1 saturated heterocycles. The molecule has 168 valence electrons. The number of hydrogen-bond acceptors (Lipinski definition) is 6. The van der Waals surface area contributed by atoms with Crippen LogP contribution in [-0.4, -0.2) is 58.0 Å². The average Bonchev–Trinajstić information content (AvgIpc) is 3.21. The number of nitro groups is 1. The molecule has 3 aromatic rings. The van der Waals surface area contributed by atoms with E-state index in [2.05, 4.69) is 14.9 Å². The Balaban J connectivity index is 1.46. The van der Waals surface area contributed by atoms with Crippen molar-refractivity contribution in [1.29, 1.82) is 0 Å². The molecule has 0 atom stereocenters. The average molecular weight is 438 g/mol. The Bertz CT molecular complexity index is 1130. The monoisotopic (exact) mass is 437 g/mol. The number of aromatic amines is 1. The van der Waals surface area contributed by atoms with Gasteiger partial charge in [-0.25, -0.2) is 4.98 Å². The Morgan fingerprint density at radius 2 is 2.06 bits per heavy atom. The second kappa shape index (κ2) is 8.86. The van der Waals surface area contributed by atoms with Crippen LogP contribution < -0.4 is 9.64 Å². The van der Waals surface area contributed by atoms with E-state index in [-0.39, 0.29) is 23.7 Å². The Morgan fingerprint density at radius 1 is 1.31 bits per heavy atom. The summed E-state index contributed by atoms with van der Waals surface area (Å²) < 4.78 is 5.91. The van der Waals surface area contributed by atoms with Gasteiger partial charge in [-0.05, 0) is 44.9 Å². The maximum absolute atomic E-state index is 13.2. The molecule has 32 heavy (non-hydrogen) atoms. The van der Waals surface area contributed by atoms with Crippen molar-refractivity contribution < 1.29 is 14.5 Å². The molecule has 0 bridgehead atoms. The Labute approximate surface area is 186 Å². The Morgan fingerprint density at radius 3 is 2.75 bits per heavy atom. The molecular weight excluding hydrogens is 410 g/mol. The van der Waals surface area contributed by atoms with Gasteiger partial charge in [0, 0.05) is 61.6 Å². The number of amides is 1. The van der Waals surface area contributed by atoms with Crippen LogP contribution in [0.4, 0.5) is 11.5 Å². The van der Waals surface area contributed by atoms with Gasteiger partial charge in [0.2, 0.25) is 0 Å². The maximum atomic E-state index is 13.2. The number of carbonyl (C=O) groups excluding carboxylic acids is 1. The first-order valence-corrected chi connectivity index (χ1v) is 10.7. The fourth-order valence-electron chi connectivity index (χ4n) is 4.19. The first kappa shape index (κ1) is 21.6. The Kier molecular flexibility index (Phi) is 5.98. The number of non-ortho nitro benzene ring substituents is 1. The lowest BCUT2D eigenvalue weighted by molar-refractivity contribution is -0.384. The SMILES string of the molecule is CC(C)Oc1cccnc1N(C)C1CCN(C(=O)c2c[nH]c3ccc([N+](=O)[O-])cc23)CC1. The number of nitrogens with one attached hydrogen (secondary N) is 1. The van der Waals surface area contributed by atoms with E-state index in [4.69, 9.17) is 4.74 Å². The summed E-state index contributed by atoms with van der Waals surface area (Å²) in [6, 6.07) is 8.54. The van der Waals surface area contributed by atoms with Gasteiger partial charge >= 0.3 is 0 Å². The molecule has 0 aliphatic carbocycles. The minimum atomic E-state index is -0.448. The van der Waals surface area contributed by atoms with Crippen molar-refractivity contribution in [3.63, 3.8) is 0 Å². The number of carbonyl (C=O) groups is 1. The summed E-state index contributed by atoms with van der Waals surface area (Å²) in [7, 11) is 2.01. The molecule has 1 aliphatic heterocycles. The summed E-state index contributed by atoms with van der Waals surface area (Å²) in [4.78, 5) is 35.4. The van der Waals surface area contributed by atoms with Crippen molar-refractivity contribution in [3.8, 4) is 5.75 Å². The summed E-state index contributed by atoms with van der Waals surface area (Å²) in [6.07, 6.45) is 5.04. The standard InChI is InChI=1S/C23H27N5O4/c1-15(2)32-21-5-4-10-24-22(21)26(3)16-8-11-27(12-9-16)23(29)19-14-25-20-7-6-17(28(30)31)13-18(19)20/h4-7,10,13-16,25H,8-9,11-12H2,1-3H3. The summed E-state index contributed by atoms with van der Waals surface area (Å²) in [5, 5.41) is 11.7. The Hall–Kier alpha value is -3.62. The molecule has 1 aromatic carbocycles. The van der Waals surface area contributed by atoms with Crippen LogP contribution in [0.3, 0.4) is 0 Å². The summed E-state index contributed by atoms with van der Waals surface area (Å²) >= 11 is 0. The van der Waals surface area contributed by atoms with Crippen LogP contribution in [0.5, 0.6) is 5.75 Å². The fraction of sp³-hybridized carbons (Fsp3) is 0.391. The summed E-state index contributed by atoms with van der Waals surface area (Å²) in [6.45, 7) is 5.17. The third kappa shape index (κ3) is 4.23. The van der Waals surface area contributed by atoms with Gasteiger partial charge < -0.3 is 19.5 Å². The van der Waals surface area contributed by atoms with E-state index >= 15 is 0 Å². The number of ether oxygens (including phenoxy) is 1. The van der Waals surface area contributed by atoms with E-state index in [1.165, 1.54) is 12.1 Å². The molecule has 0 radical (unpaired) electrons. The molecule has 9 heteroatoms. The zero-order chi connectivity index (χ0) is 22.8. The number of hydrogen-bond donors (Lipinski definition) is 1. The highest BCUT2D eigenvalue weighted by Gasteiger charge is 2.29. The van der Waals surface area contributed by atoms with E-state index in [0.717, 1.165) is 24.4 Å². The van der Waals surface area contributed by atoms with Crippen molar-refractivity contribution in [2.45, 2.75) is 38.8 Å². The normalized spacial score (nSPS) is 14.7. The number of rotatable bonds is 6. The van der Waals surface area contributed by atoms with Crippen LogP contribution in [0.25, 0.3) is 10.9 Å². The first-order chi connectivity index (χ1) is 15.3. The van der Waals surface area contributed by atoms with E-state index in [1.807, 2.05) is 37.9 Å². The van der Waals surface area contributed by atoms with Crippen LogP contribution in [0.1, 0.15) is 37.0 Å². The lowest BCUT2D eigenvalue weighted by atomic mass is 10.0. The van der Waals surface area contributed by atoms with Gasteiger partial charge in [0.25, 0.3) is 11.6 Å². The zero-order valence-corrected chi connectivity index (χ0v) is 18.4. The highest BCUT2D eigenvalue weighted by molar-refractivity contribution is 6.07. The largest absolute Gasteiger partial charge is 0.487 e. The molecule has 1 fully saturated rings. The zero-order valence-electron chi connectivity index (χ0n) is 18.4. The minimum Gasteiger partial charge on any atom is -0.487 e. The van der Waals surface area contributed by atoms with E-state index in [0.29, 0.717) is 29.6 Å². The topological polar surface area (TPSA) is 105 Å². The van der Waals surface area contributed by atoms with Crippen LogP contribution >= 0.6 is 0 Å². The quantitative estimate of drug-likeness (QED) is 0.462. The van der Waals surface area contributed by atoms with Crippen LogP contribution in [0.2, 0.25) is 0 Å². The third-order valence-corrected chi connectivity index (χ3v) is 5.85. The fourth-order valence-corrected chi connectivity index (χ4v) is 4.19. The van der Waals surface area contributed by atoms with E-state index in [9.17, 15) is 14.9 Å². The predicted octanol–water partition coefficient (Wildman–Crippen LogP) is 4.00. The predicted molar refractivity (Wildman–Crippen MR) is 122 cm³/mol. The number of pyridine rings is 1. The molecule has 0 saturated carbocycles. The van der Waals surface area contributed by atoms with Crippen molar-refractivity contribution >= 4 is 28.3 Å². The lowest BCUT2D eigenvalue weighted by Crippen LogP contribution is -2.46. The van der Waals surface area contributed by atoms with E-state index < -0.39 is 4.92 Å². The van der Waals surface area contributed by atoms with Gasteiger partial charge in [-0.3, -0.25) is 14.9 Å². The van der Waals surface area contributed by atoms with Crippen LogP contribution in [0, 0.1) is 10.1 Å². The molecule has 2 aromatic heterocycles. The highest BCUT2D eigenvalue weighted by Crippen LogP contribution is 2.30. The molecule has 1 N–H and O–H groups in total. The van der Waals surface area contributed by atoms with E-state index in [1.54, 1.807) is 18.5 Å². The van der Waals surface area contributed by atoms with Crippen molar-refractivity contribution in [2.24, 2.45) is 0 Å². The van der Waals surface area contributed by atoms with Crippen LogP contribution in [0.15, 0.2) is 42.7 Å². The van der Waals surface area contributed by atoms with Gasteiger partial charge in [0.1, 0.15) is 0 Å². The minimum absolute atomic E-state index is 0.0266. The number of H-pyrrole nitrogens is 1. The number of anilines is 1. The number of nitro benzene ring substituents is 1. The van der Waals surface area contributed by atoms with Crippen molar-refractivity contribution in [2.75, 3.05) is 25.0 Å². The molecule has 1 aliphatic rings. The number of piperidine rings is 1. The molecule has 4 rings (SSSR count). The molecule has 0 spiro atoms. The second-order valence-corrected chi connectivity index (χ2v) is 8.32. The van der Waals surface area contributed by atoms with Gasteiger partial charge in [-0.15, -0.1) is 0 Å². The second-order valence-electron chi connectivity index (χ2n) is 8.32. The molecule has 0 unspecified atom stereocenters. The van der Waals surface area contributed by atoms with Gasteiger partial charge in [-0.1, -0.05) is 0 Å². The number of benzene rings is 1. The number of fused-ring (bicyclic) bond motifs is 1. The number of likely N-dealkylation sites (tertiary alicyclic amines) is 1. The summed E-state index contributed by atoms with van der Waals surface area (Å²) in [5.41, 5.74) is 1.15. The maximum Gasteiger partial charge on any atom is 0.270 e. The van der Waals surface area contributed by atoms with Crippen LogP contribution in [-0.2, 0) is 0 Å². The summed E-state index contributed by atoms with van der Waals surface area (Å²) in [5.74, 6) is 1.44. The molecule has 3 heterocycles. The lowest BCUT2D eigenvalue weighted by Gasteiger charge is -2.37. The molecular formula is C23H27N5O4. The number of aromatic nitrogens is 2. The number of nitrogens with zero attached hydrogens (tertiary/aromatic N) is 4. The van der Waals surface area contributed by atoms with Gasteiger partial charge in [0.05, 0.1) is 16.6 Å². The molecule has 1 amide bonds. The molecule has 9 nitrogen and oxygen atoms in total. The first-order valence-electron chi connectivity index (χ1n) is 10.7. The third-order valence-electron chi connectivity index (χ3n) is 5.85. The van der Waals surface area contributed by atoms with Gasteiger partial charge in [0.15, 0.2) is 11.6 Å². The van der Waals surface area contributed by atoms with Crippen molar-refractivity contribution in [3.05, 3.63) is 58.4 Å². The van der Waals surface area contributed by atoms with Gasteiger partial charge in [-0.2, -0.15) is 0 Å². The smallest absolute Gasteiger partial charge is 0.270 e.